The molecule has 27 heavy (non-hydrogen) atoms. The van der Waals surface area contributed by atoms with Crippen LogP contribution in [-0.2, 0) is 16.0 Å². The van der Waals surface area contributed by atoms with Gasteiger partial charge in [-0.1, -0.05) is 44.2 Å². The molecule has 0 bridgehead atoms. The third-order valence-corrected chi connectivity index (χ3v) is 4.59. The molecule has 0 aliphatic carbocycles. The normalized spacial score (nSPS) is 12.0. The monoisotopic (exact) mass is 376 g/mol. The number of carbonyl (C=O) groups excluding carboxylic acids is 2. The predicted octanol–water partition coefficient (Wildman–Crippen LogP) is 1.68. The van der Waals surface area contributed by atoms with Crippen molar-refractivity contribution in [3.63, 3.8) is 0 Å². The van der Waals surface area contributed by atoms with E-state index in [1.807, 2.05) is 18.2 Å². The SMILES string of the molecule is CC(C)CCN(C(=O)CN)C(CCCN)C(=O)NCCCc1ccccc1. The highest BCUT2D eigenvalue weighted by atomic mass is 16.2. The summed E-state index contributed by atoms with van der Waals surface area (Å²) in [6.45, 7) is 5.74. The summed E-state index contributed by atoms with van der Waals surface area (Å²) < 4.78 is 0. The number of nitrogens with two attached hydrogens (primary N) is 2. The lowest BCUT2D eigenvalue weighted by atomic mass is 10.1. The number of carbonyl (C=O) groups is 2. The van der Waals surface area contributed by atoms with Gasteiger partial charge in [-0.05, 0) is 50.1 Å². The summed E-state index contributed by atoms with van der Waals surface area (Å²) in [6, 6.07) is 9.69. The van der Waals surface area contributed by atoms with Gasteiger partial charge in [-0.3, -0.25) is 9.59 Å². The van der Waals surface area contributed by atoms with Crippen molar-refractivity contribution in [2.24, 2.45) is 17.4 Å². The summed E-state index contributed by atoms with van der Waals surface area (Å²) in [5, 5.41) is 2.99. The molecule has 1 aromatic rings. The van der Waals surface area contributed by atoms with Crippen molar-refractivity contribution in [3.05, 3.63) is 35.9 Å². The first kappa shape index (κ1) is 23.1. The molecule has 0 aromatic heterocycles. The number of nitrogens with one attached hydrogen (secondary N) is 1. The Morgan fingerprint density at radius 3 is 2.37 bits per heavy atom. The van der Waals surface area contributed by atoms with Crippen molar-refractivity contribution < 1.29 is 9.59 Å². The Labute approximate surface area is 163 Å². The van der Waals surface area contributed by atoms with Crippen molar-refractivity contribution in [1.82, 2.24) is 10.2 Å². The molecule has 5 N–H and O–H groups in total. The maximum absolute atomic E-state index is 12.8. The minimum Gasteiger partial charge on any atom is -0.354 e. The lowest BCUT2D eigenvalue weighted by Crippen LogP contribution is -2.52. The zero-order valence-corrected chi connectivity index (χ0v) is 16.8. The van der Waals surface area contributed by atoms with E-state index in [9.17, 15) is 9.59 Å². The van der Waals surface area contributed by atoms with Crippen molar-refractivity contribution in [2.75, 3.05) is 26.2 Å². The van der Waals surface area contributed by atoms with Gasteiger partial charge >= 0.3 is 0 Å². The minimum atomic E-state index is -0.500. The standard InChI is InChI=1S/C21H36N4O2/c1-17(2)12-15-25(20(26)16-23)19(11-6-13-22)21(27)24-14-7-10-18-8-4-3-5-9-18/h3-5,8-9,17,19H,6-7,10-16,22-23H2,1-2H3,(H,24,27). The summed E-state index contributed by atoms with van der Waals surface area (Å²) >= 11 is 0. The van der Waals surface area contributed by atoms with Gasteiger partial charge in [-0.25, -0.2) is 0 Å². The number of hydrogen-bond donors (Lipinski definition) is 3. The third-order valence-electron chi connectivity index (χ3n) is 4.59. The molecule has 0 saturated carbocycles. The Kier molecular flexibility index (Phi) is 11.4. The van der Waals surface area contributed by atoms with Crippen LogP contribution in [0.15, 0.2) is 30.3 Å². The molecular weight excluding hydrogens is 340 g/mol. The fourth-order valence-electron chi connectivity index (χ4n) is 2.98. The van der Waals surface area contributed by atoms with E-state index in [4.69, 9.17) is 11.5 Å². The lowest BCUT2D eigenvalue weighted by Gasteiger charge is -2.31. The van der Waals surface area contributed by atoms with Crippen molar-refractivity contribution in [2.45, 2.75) is 52.0 Å². The van der Waals surface area contributed by atoms with E-state index < -0.39 is 6.04 Å². The Morgan fingerprint density at radius 1 is 1.07 bits per heavy atom. The molecule has 152 valence electrons. The first-order valence-electron chi connectivity index (χ1n) is 10.0. The predicted molar refractivity (Wildman–Crippen MR) is 110 cm³/mol. The second-order valence-corrected chi connectivity index (χ2v) is 7.30. The minimum absolute atomic E-state index is 0.0848. The highest BCUT2D eigenvalue weighted by Crippen LogP contribution is 2.12. The van der Waals surface area contributed by atoms with Crippen molar-refractivity contribution in [1.29, 1.82) is 0 Å². The number of amides is 2. The van der Waals surface area contributed by atoms with E-state index in [2.05, 4.69) is 31.3 Å². The molecule has 1 atom stereocenters. The summed E-state index contributed by atoms with van der Waals surface area (Å²) in [4.78, 5) is 26.8. The fourth-order valence-corrected chi connectivity index (χ4v) is 2.98. The largest absolute Gasteiger partial charge is 0.354 e. The number of hydrogen-bond acceptors (Lipinski definition) is 4. The van der Waals surface area contributed by atoms with Crippen molar-refractivity contribution in [3.8, 4) is 0 Å². The molecule has 0 fully saturated rings. The van der Waals surface area contributed by atoms with Crippen LogP contribution in [0.1, 0.15) is 45.1 Å². The molecule has 0 aliphatic heterocycles. The highest BCUT2D eigenvalue weighted by molar-refractivity contribution is 5.88. The average molecular weight is 377 g/mol. The maximum atomic E-state index is 12.8. The number of nitrogens with zero attached hydrogens (tertiary/aromatic N) is 1. The van der Waals surface area contributed by atoms with E-state index >= 15 is 0 Å². The molecular formula is C21H36N4O2. The molecule has 1 rings (SSSR count). The fraction of sp³-hybridized carbons (Fsp3) is 0.619. The molecule has 0 spiro atoms. The van der Waals surface area contributed by atoms with Gasteiger partial charge in [0.1, 0.15) is 6.04 Å². The van der Waals surface area contributed by atoms with Gasteiger partial charge in [0.25, 0.3) is 0 Å². The van der Waals surface area contributed by atoms with E-state index in [1.54, 1.807) is 4.90 Å². The second-order valence-electron chi connectivity index (χ2n) is 7.30. The zero-order valence-electron chi connectivity index (χ0n) is 16.8. The number of rotatable bonds is 13. The quantitative estimate of drug-likeness (QED) is 0.456. The first-order chi connectivity index (χ1) is 13.0. The van der Waals surface area contributed by atoms with Gasteiger partial charge in [0.15, 0.2) is 0 Å². The topological polar surface area (TPSA) is 101 Å². The van der Waals surface area contributed by atoms with Gasteiger partial charge < -0.3 is 21.7 Å². The molecule has 0 heterocycles. The molecule has 1 aromatic carbocycles. The summed E-state index contributed by atoms with van der Waals surface area (Å²) in [7, 11) is 0. The van der Waals surface area contributed by atoms with Gasteiger partial charge in [0.05, 0.1) is 6.54 Å². The summed E-state index contributed by atoms with van der Waals surface area (Å²) in [5.41, 5.74) is 12.5. The van der Waals surface area contributed by atoms with Crippen LogP contribution < -0.4 is 16.8 Å². The van der Waals surface area contributed by atoms with Crippen LogP contribution in [0, 0.1) is 5.92 Å². The molecule has 6 heteroatoms. The second kappa shape index (κ2) is 13.3. The van der Waals surface area contributed by atoms with Gasteiger partial charge in [-0.15, -0.1) is 0 Å². The average Bonchev–Trinajstić information content (AvgIpc) is 2.67. The Morgan fingerprint density at radius 2 is 1.78 bits per heavy atom. The van der Waals surface area contributed by atoms with Crippen LogP contribution in [0.2, 0.25) is 0 Å². The van der Waals surface area contributed by atoms with E-state index in [0.29, 0.717) is 38.4 Å². The van der Waals surface area contributed by atoms with Crippen molar-refractivity contribution >= 4 is 11.8 Å². The van der Waals surface area contributed by atoms with Gasteiger partial charge in [0.2, 0.25) is 11.8 Å². The van der Waals surface area contributed by atoms with Crippen LogP contribution in [0.25, 0.3) is 0 Å². The maximum Gasteiger partial charge on any atom is 0.242 e. The van der Waals surface area contributed by atoms with E-state index in [-0.39, 0.29) is 18.4 Å². The van der Waals surface area contributed by atoms with E-state index in [0.717, 1.165) is 19.3 Å². The zero-order chi connectivity index (χ0) is 20.1. The molecule has 0 saturated heterocycles. The number of aryl methyl sites for hydroxylation is 1. The third kappa shape index (κ3) is 9.02. The Bertz CT molecular complexity index is 548. The smallest absolute Gasteiger partial charge is 0.242 e. The van der Waals surface area contributed by atoms with Crippen LogP contribution in [0.5, 0.6) is 0 Å². The summed E-state index contributed by atoms with van der Waals surface area (Å²) in [5.74, 6) is 0.154. The Balaban J connectivity index is 2.64. The lowest BCUT2D eigenvalue weighted by molar-refractivity contribution is -0.140. The van der Waals surface area contributed by atoms with Crippen LogP contribution >= 0.6 is 0 Å². The van der Waals surface area contributed by atoms with Gasteiger partial charge in [-0.2, -0.15) is 0 Å². The molecule has 1 unspecified atom stereocenters. The van der Waals surface area contributed by atoms with Gasteiger partial charge in [0, 0.05) is 13.1 Å². The van der Waals surface area contributed by atoms with Crippen LogP contribution in [-0.4, -0.2) is 48.9 Å². The van der Waals surface area contributed by atoms with Crippen LogP contribution in [0.4, 0.5) is 0 Å². The first-order valence-corrected chi connectivity index (χ1v) is 10.0. The number of benzene rings is 1. The highest BCUT2D eigenvalue weighted by Gasteiger charge is 2.28. The van der Waals surface area contributed by atoms with Crippen LogP contribution in [0.3, 0.4) is 0 Å². The molecule has 0 aliphatic rings. The molecule has 0 radical (unpaired) electrons. The summed E-state index contributed by atoms with van der Waals surface area (Å²) in [6.07, 6.45) is 3.86. The molecule has 2 amide bonds. The molecule has 6 nitrogen and oxygen atoms in total. The van der Waals surface area contributed by atoms with E-state index in [1.165, 1.54) is 5.56 Å². The Hall–Kier alpha value is -1.92.